The second kappa shape index (κ2) is 4.03. The van der Waals surface area contributed by atoms with Gasteiger partial charge in [-0.3, -0.25) is 0 Å². The van der Waals surface area contributed by atoms with Crippen LogP contribution >= 0.6 is 15.9 Å². The summed E-state index contributed by atoms with van der Waals surface area (Å²) in [5.41, 5.74) is 1.86. The first-order valence-corrected chi connectivity index (χ1v) is 5.97. The van der Waals surface area contributed by atoms with E-state index in [1.165, 1.54) is 22.9 Å². The van der Waals surface area contributed by atoms with Gasteiger partial charge in [-0.1, -0.05) is 35.0 Å². The maximum Gasteiger partial charge on any atom is 0.0175 e. The van der Waals surface area contributed by atoms with Crippen molar-refractivity contribution < 1.29 is 0 Å². The van der Waals surface area contributed by atoms with E-state index in [4.69, 9.17) is 0 Å². The lowest BCUT2D eigenvalue weighted by Crippen LogP contribution is -2.37. The molecule has 1 nitrogen and oxygen atoms in total. The molecule has 14 heavy (non-hydrogen) atoms. The number of halogens is 1. The highest BCUT2D eigenvalue weighted by atomic mass is 79.9. The van der Waals surface area contributed by atoms with Gasteiger partial charge in [-0.2, -0.15) is 0 Å². The summed E-state index contributed by atoms with van der Waals surface area (Å²) in [6.07, 6.45) is 2.49. The Morgan fingerprint density at radius 1 is 1.14 bits per heavy atom. The van der Waals surface area contributed by atoms with Gasteiger partial charge in [0.15, 0.2) is 0 Å². The van der Waals surface area contributed by atoms with Crippen LogP contribution < -0.4 is 5.32 Å². The molecular formula is C12H16BrN. The Hall–Kier alpha value is -0.340. The molecule has 1 aliphatic rings. The van der Waals surface area contributed by atoms with Crippen LogP contribution in [0, 0.1) is 0 Å². The molecule has 0 spiro atoms. The Bertz CT molecular complexity index is 299. The number of nitrogens with one attached hydrogen (secondary N) is 1. The van der Waals surface area contributed by atoms with Crippen LogP contribution in [0.3, 0.4) is 0 Å². The smallest absolute Gasteiger partial charge is 0.0175 e. The van der Waals surface area contributed by atoms with Crippen molar-refractivity contribution in [2.24, 2.45) is 0 Å². The lowest BCUT2D eigenvalue weighted by atomic mass is 9.75. The third-order valence-electron chi connectivity index (χ3n) is 3.25. The molecule has 0 unspecified atom stereocenters. The van der Waals surface area contributed by atoms with Crippen LogP contribution in [0.15, 0.2) is 28.7 Å². The third-order valence-corrected chi connectivity index (χ3v) is 3.78. The first-order chi connectivity index (χ1) is 6.71. The summed E-state index contributed by atoms with van der Waals surface area (Å²) in [4.78, 5) is 0. The van der Waals surface area contributed by atoms with Crippen molar-refractivity contribution in [1.29, 1.82) is 0 Å². The van der Waals surface area contributed by atoms with Crippen molar-refractivity contribution in [1.82, 2.24) is 5.32 Å². The lowest BCUT2D eigenvalue weighted by Gasteiger charge is -2.34. The SMILES string of the molecule is CC1(c2ccc(Br)cc2)CCNCC1. The van der Waals surface area contributed by atoms with Gasteiger partial charge in [-0.05, 0) is 49.0 Å². The molecule has 1 heterocycles. The average Bonchev–Trinajstić information content (AvgIpc) is 2.19. The molecule has 0 radical (unpaired) electrons. The molecule has 2 rings (SSSR count). The predicted molar refractivity (Wildman–Crippen MR) is 63.6 cm³/mol. The third kappa shape index (κ3) is 2.01. The minimum atomic E-state index is 0.381. The van der Waals surface area contributed by atoms with Crippen LogP contribution in [0.25, 0.3) is 0 Å². The first-order valence-electron chi connectivity index (χ1n) is 5.17. The highest BCUT2D eigenvalue weighted by Crippen LogP contribution is 2.33. The van der Waals surface area contributed by atoms with E-state index in [2.05, 4.69) is 52.4 Å². The van der Waals surface area contributed by atoms with Crippen LogP contribution in [0.1, 0.15) is 25.3 Å². The monoisotopic (exact) mass is 253 g/mol. The highest BCUT2D eigenvalue weighted by molar-refractivity contribution is 9.10. The molecule has 1 saturated heterocycles. The van der Waals surface area contributed by atoms with E-state index in [0.29, 0.717) is 5.41 Å². The van der Waals surface area contributed by atoms with E-state index in [1.54, 1.807) is 0 Å². The van der Waals surface area contributed by atoms with E-state index >= 15 is 0 Å². The molecule has 76 valence electrons. The van der Waals surface area contributed by atoms with E-state index < -0.39 is 0 Å². The van der Waals surface area contributed by atoms with Crippen molar-refractivity contribution in [3.05, 3.63) is 34.3 Å². The topological polar surface area (TPSA) is 12.0 Å². The van der Waals surface area contributed by atoms with Gasteiger partial charge in [0.1, 0.15) is 0 Å². The molecular weight excluding hydrogens is 238 g/mol. The largest absolute Gasteiger partial charge is 0.317 e. The fourth-order valence-corrected chi connectivity index (χ4v) is 2.38. The Labute approximate surface area is 94.0 Å². The second-order valence-corrected chi connectivity index (χ2v) is 5.23. The van der Waals surface area contributed by atoms with Gasteiger partial charge in [0.2, 0.25) is 0 Å². The molecule has 1 aromatic carbocycles. The van der Waals surface area contributed by atoms with Gasteiger partial charge in [-0.15, -0.1) is 0 Å². The molecule has 0 amide bonds. The van der Waals surface area contributed by atoms with E-state index in [0.717, 1.165) is 13.1 Å². The molecule has 1 fully saturated rings. The van der Waals surface area contributed by atoms with Gasteiger partial charge in [0.25, 0.3) is 0 Å². The summed E-state index contributed by atoms with van der Waals surface area (Å²) in [7, 11) is 0. The average molecular weight is 254 g/mol. The maximum absolute atomic E-state index is 3.47. The Morgan fingerprint density at radius 2 is 1.71 bits per heavy atom. The van der Waals surface area contributed by atoms with Crippen LogP contribution in [0.5, 0.6) is 0 Å². The van der Waals surface area contributed by atoms with Crippen LogP contribution in [0.2, 0.25) is 0 Å². The minimum Gasteiger partial charge on any atom is -0.317 e. The number of hydrogen-bond acceptors (Lipinski definition) is 1. The molecule has 0 aliphatic carbocycles. The Balaban J connectivity index is 2.23. The van der Waals surface area contributed by atoms with E-state index in [1.807, 2.05) is 0 Å². The van der Waals surface area contributed by atoms with Crippen molar-refractivity contribution >= 4 is 15.9 Å². The molecule has 0 saturated carbocycles. The molecule has 2 heteroatoms. The lowest BCUT2D eigenvalue weighted by molar-refractivity contribution is 0.335. The number of benzene rings is 1. The molecule has 1 N–H and O–H groups in total. The summed E-state index contributed by atoms with van der Waals surface area (Å²) in [5.74, 6) is 0. The molecule has 0 atom stereocenters. The molecule has 1 aliphatic heterocycles. The summed E-state index contributed by atoms with van der Waals surface area (Å²) < 4.78 is 1.17. The van der Waals surface area contributed by atoms with E-state index in [-0.39, 0.29) is 0 Å². The predicted octanol–water partition coefficient (Wildman–Crippen LogP) is 3.09. The van der Waals surface area contributed by atoms with Crippen LogP contribution in [0.4, 0.5) is 0 Å². The van der Waals surface area contributed by atoms with Crippen LogP contribution in [-0.2, 0) is 5.41 Å². The summed E-state index contributed by atoms with van der Waals surface area (Å²) >= 11 is 3.47. The fraction of sp³-hybridized carbons (Fsp3) is 0.500. The van der Waals surface area contributed by atoms with Crippen molar-refractivity contribution in [3.8, 4) is 0 Å². The van der Waals surface area contributed by atoms with Crippen molar-refractivity contribution in [3.63, 3.8) is 0 Å². The zero-order chi connectivity index (χ0) is 10.0. The number of rotatable bonds is 1. The minimum absolute atomic E-state index is 0.381. The quantitative estimate of drug-likeness (QED) is 0.812. The maximum atomic E-state index is 3.47. The van der Waals surface area contributed by atoms with Gasteiger partial charge >= 0.3 is 0 Å². The Kier molecular flexibility index (Phi) is 2.93. The summed E-state index contributed by atoms with van der Waals surface area (Å²) in [5, 5.41) is 3.41. The second-order valence-electron chi connectivity index (χ2n) is 4.32. The number of piperidine rings is 1. The number of hydrogen-bond donors (Lipinski definition) is 1. The van der Waals surface area contributed by atoms with Gasteiger partial charge < -0.3 is 5.32 Å². The van der Waals surface area contributed by atoms with Gasteiger partial charge in [0, 0.05) is 4.47 Å². The molecule has 1 aromatic rings. The zero-order valence-electron chi connectivity index (χ0n) is 8.52. The molecule has 0 aromatic heterocycles. The summed E-state index contributed by atoms with van der Waals surface area (Å²) in [6, 6.07) is 8.77. The first kappa shape index (κ1) is 10.2. The standard InChI is InChI=1S/C12H16BrN/c1-12(6-8-14-9-7-12)10-2-4-11(13)5-3-10/h2-5,14H,6-9H2,1H3. The Morgan fingerprint density at radius 3 is 2.29 bits per heavy atom. The van der Waals surface area contributed by atoms with Crippen molar-refractivity contribution in [2.75, 3.05) is 13.1 Å². The molecule has 0 bridgehead atoms. The van der Waals surface area contributed by atoms with Gasteiger partial charge in [-0.25, -0.2) is 0 Å². The normalized spacial score (nSPS) is 20.7. The zero-order valence-corrected chi connectivity index (χ0v) is 10.1. The fourth-order valence-electron chi connectivity index (χ4n) is 2.12. The van der Waals surface area contributed by atoms with Crippen molar-refractivity contribution in [2.45, 2.75) is 25.2 Å². The highest BCUT2D eigenvalue weighted by Gasteiger charge is 2.28. The van der Waals surface area contributed by atoms with Gasteiger partial charge in [0.05, 0.1) is 0 Å². The summed E-state index contributed by atoms with van der Waals surface area (Å²) in [6.45, 7) is 4.66. The van der Waals surface area contributed by atoms with E-state index in [9.17, 15) is 0 Å². The van der Waals surface area contributed by atoms with Crippen LogP contribution in [-0.4, -0.2) is 13.1 Å².